The van der Waals surface area contributed by atoms with Gasteiger partial charge in [-0.2, -0.15) is 0 Å². The number of methoxy groups -OCH3 is 1. The summed E-state index contributed by atoms with van der Waals surface area (Å²) >= 11 is 1.65. The average molecular weight is 418 g/mol. The number of carbonyl (C=O) groups excluding carboxylic acids is 2. The number of ether oxygens (including phenoxy) is 2. The molecule has 1 N–H and O–H groups in total. The van der Waals surface area contributed by atoms with Crippen LogP contribution < -0.4 is 14.5 Å². The van der Waals surface area contributed by atoms with Crippen molar-refractivity contribution in [1.82, 2.24) is 0 Å². The molecule has 3 rings (SSSR count). The van der Waals surface area contributed by atoms with E-state index in [0.29, 0.717) is 19.7 Å². The van der Waals surface area contributed by atoms with Gasteiger partial charge in [0.25, 0.3) is 5.91 Å². The Morgan fingerprint density at radius 3 is 2.48 bits per heavy atom. The quantitative estimate of drug-likeness (QED) is 0.669. The summed E-state index contributed by atoms with van der Waals surface area (Å²) in [4.78, 5) is 29.3. The highest BCUT2D eigenvalue weighted by atomic mass is 32.1. The number of benzene rings is 1. The maximum atomic E-state index is 13.2. The van der Waals surface area contributed by atoms with Crippen molar-refractivity contribution in [3.8, 4) is 5.75 Å². The smallest absolute Gasteiger partial charge is 0.309 e. The number of hydrogen-bond acceptors (Lipinski definition) is 5. The number of thiophene rings is 1. The third-order valence-electron chi connectivity index (χ3n) is 5.29. The van der Waals surface area contributed by atoms with Crippen LogP contribution in [0, 0.1) is 5.92 Å². The predicted molar refractivity (Wildman–Crippen MR) is 113 cm³/mol. The second-order valence-electron chi connectivity index (χ2n) is 7.21. The lowest BCUT2D eigenvalue weighted by Gasteiger charge is -2.30. The van der Waals surface area contributed by atoms with Gasteiger partial charge in [-0.15, -0.1) is 11.3 Å². The first kappa shape index (κ1) is 21.3. The summed E-state index contributed by atoms with van der Waals surface area (Å²) in [5.74, 6) is 0.727. The molecule has 1 aliphatic heterocycles. The van der Waals surface area contributed by atoms with E-state index in [1.165, 1.54) is 4.90 Å². The van der Waals surface area contributed by atoms with Gasteiger partial charge in [-0.3, -0.25) is 9.59 Å². The molecule has 1 fully saturated rings. The molecule has 0 unspecified atom stereocenters. The van der Waals surface area contributed by atoms with Gasteiger partial charge in [0.15, 0.2) is 6.54 Å². The van der Waals surface area contributed by atoms with Crippen LogP contribution in [0.5, 0.6) is 5.75 Å². The highest BCUT2D eigenvalue weighted by Gasteiger charge is 2.30. The molecule has 0 bridgehead atoms. The van der Waals surface area contributed by atoms with E-state index >= 15 is 0 Å². The van der Waals surface area contributed by atoms with Gasteiger partial charge in [0.1, 0.15) is 5.75 Å². The monoisotopic (exact) mass is 417 g/mol. The molecular weight excluding hydrogens is 388 g/mol. The molecule has 0 aliphatic carbocycles. The molecule has 1 aliphatic rings. The number of quaternary nitrogens is 1. The van der Waals surface area contributed by atoms with E-state index in [9.17, 15) is 9.59 Å². The van der Waals surface area contributed by atoms with E-state index in [1.54, 1.807) is 18.4 Å². The molecular formula is C22H29N2O4S+. The second-order valence-corrected chi connectivity index (χ2v) is 8.24. The lowest BCUT2D eigenvalue weighted by atomic mass is 9.97. The SMILES string of the molecule is CCOC(=O)C1CC[NH+](CC(=O)N(Cc2cccs2)c2ccc(OC)cc2)CC1. The summed E-state index contributed by atoms with van der Waals surface area (Å²) in [7, 11) is 1.63. The third-order valence-corrected chi connectivity index (χ3v) is 6.15. The number of rotatable bonds is 8. The number of piperidine rings is 1. The number of nitrogens with one attached hydrogen (secondary N) is 1. The Bertz CT molecular complexity index is 784. The van der Waals surface area contributed by atoms with Crippen LogP contribution in [0.25, 0.3) is 0 Å². The third kappa shape index (κ3) is 5.81. The second kappa shape index (κ2) is 10.4. The summed E-state index contributed by atoms with van der Waals surface area (Å²) < 4.78 is 10.4. The van der Waals surface area contributed by atoms with Gasteiger partial charge < -0.3 is 19.3 Å². The number of likely N-dealkylation sites (tertiary alicyclic amines) is 1. The maximum Gasteiger partial charge on any atom is 0.309 e. The Balaban J connectivity index is 1.64. The molecule has 2 heterocycles. The Morgan fingerprint density at radius 1 is 1.17 bits per heavy atom. The number of hydrogen-bond donors (Lipinski definition) is 1. The summed E-state index contributed by atoms with van der Waals surface area (Å²) in [6.07, 6.45) is 1.55. The molecule has 1 amide bonds. The van der Waals surface area contributed by atoms with Gasteiger partial charge in [0.2, 0.25) is 0 Å². The topological polar surface area (TPSA) is 60.3 Å². The zero-order chi connectivity index (χ0) is 20.6. The van der Waals surface area contributed by atoms with Gasteiger partial charge in [-0.05, 0) is 42.6 Å². The number of nitrogens with zero attached hydrogens (tertiary/aromatic N) is 1. The van der Waals surface area contributed by atoms with Gasteiger partial charge in [0.05, 0.1) is 39.3 Å². The summed E-state index contributed by atoms with van der Waals surface area (Å²) in [5.41, 5.74) is 0.866. The molecule has 0 atom stereocenters. The molecule has 7 heteroatoms. The Labute approximate surface area is 176 Å². The number of esters is 1. The fourth-order valence-electron chi connectivity index (χ4n) is 3.65. The van der Waals surface area contributed by atoms with Crippen molar-refractivity contribution in [2.24, 2.45) is 5.92 Å². The zero-order valence-corrected chi connectivity index (χ0v) is 17.9. The standard InChI is InChI=1S/C22H28N2O4S/c1-3-28-22(26)17-10-12-23(13-11-17)16-21(25)24(15-20-5-4-14-29-20)18-6-8-19(27-2)9-7-18/h4-9,14,17H,3,10-13,15-16H2,1-2H3/p+1. The van der Waals surface area contributed by atoms with Crippen molar-refractivity contribution in [1.29, 1.82) is 0 Å². The summed E-state index contributed by atoms with van der Waals surface area (Å²) in [6.45, 7) is 4.85. The van der Waals surface area contributed by atoms with E-state index < -0.39 is 0 Å². The highest BCUT2D eigenvalue weighted by molar-refractivity contribution is 7.09. The van der Waals surface area contributed by atoms with E-state index in [0.717, 1.165) is 42.2 Å². The summed E-state index contributed by atoms with van der Waals surface area (Å²) in [6, 6.07) is 11.6. The first-order valence-electron chi connectivity index (χ1n) is 10.1. The van der Waals surface area contributed by atoms with Crippen molar-refractivity contribution >= 4 is 28.9 Å². The fourth-order valence-corrected chi connectivity index (χ4v) is 4.34. The van der Waals surface area contributed by atoms with Crippen molar-refractivity contribution in [2.45, 2.75) is 26.3 Å². The van der Waals surface area contributed by atoms with Crippen molar-refractivity contribution < 1.29 is 24.0 Å². The first-order chi connectivity index (χ1) is 14.1. The maximum absolute atomic E-state index is 13.2. The largest absolute Gasteiger partial charge is 0.497 e. The van der Waals surface area contributed by atoms with Crippen LogP contribution in [0.3, 0.4) is 0 Å². The normalized spacial score (nSPS) is 18.8. The molecule has 2 aromatic rings. The minimum absolute atomic E-state index is 0.0300. The molecule has 1 saturated heterocycles. The van der Waals surface area contributed by atoms with Crippen LogP contribution in [0.15, 0.2) is 41.8 Å². The van der Waals surface area contributed by atoms with Gasteiger partial charge >= 0.3 is 5.97 Å². The molecule has 1 aromatic carbocycles. The van der Waals surface area contributed by atoms with Crippen LogP contribution in [-0.2, 0) is 20.9 Å². The molecule has 0 saturated carbocycles. The average Bonchev–Trinajstić information content (AvgIpc) is 3.26. The molecule has 0 radical (unpaired) electrons. The van der Waals surface area contributed by atoms with Crippen LogP contribution in [0.2, 0.25) is 0 Å². The Kier molecular flexibility index (Phi) is 7.66. The van der Waals surface area contributed by atoms with Crippen LogP contribution >= 0.6 is 11.3 Å². The number of carbonyl (C=O) groups is 2. The highest BCUT2D eigenvalue weighted by Crippen LogP contribution is 2.23. The molecule has 156 valence electrons. The van der Waals surface area contributed by atoms with Gasteiger partial charge in [-0.25, -0.2) is 0 Å². The molecule has 0 spiro atoms. The van der Waals surface area contributed by atoms with E-state index in [4.69, 9.17) is 9.47 Å². The molecule has 1 aromatic heterocycles. The van der Waals surface area contributed by atoms with Crippen molar-refractivity contribution in [2.75, 3.05) is 38.3 Å². The minimum atomic E-state index is -0.101. The van der Waals surface area contributed by atoms with Crippen LogP contribution in [0.4, 0.5) is 5.69 Å². The molecule has 29 heavy (non-hydrogen) atoms. The van der Waals surface area contributed by atoms with E-state index in [2.05, 4.69) is 0 Å². The predicted octanol–water partition coefficient (Wildman–Crippen LogP) is 2.15. The zero-order valence-electron chi connectivity index (χ0n) is 17.1. The van der Waals surface area contributed by atoms with Gasteiger partial charge in [0, 0.05) is 23.4 Å². The van der Waals surface area contributed by atoms with Crippen LogP contribution in [0.1, 0.15) is 24.6 Å². The lowest BCUT2D eigenvalue weighted by molar-refractivity contribution is -0.897. The van der Waals surface area contributed by atoms with Crippen LogP contribution in [-0.4, -0.2) is 45.2 Å². The summed E-state index contributed by atoms with van der Waals surface area (Å²) in [5, 5.41) is 2.03. The number of amides is 1. The Morgan fingerprint density at radius 2 is 1.90 bits per heavy atom. The lowest BCUT2D eigenvalue weighted by Crippen LogP contribution is -3.14. The first-order valence-corrected chi connectivity index (χ1v) is 11.0. The number of anilines is 1. The van der Waals surface area contributed by atoms with Crippen molar-refractivity contribution in [3.63, 3.8) is 0 Å². The Hall–Kier alpha value is -2.38. The fraction of sp³-hybridized carbons (Fsp3) is 0.455. The minimum Gasteiger partial charge on any atom is -0.497 e. The molecule has 6 nitrogen and oxygen atoms in total. The van der Waals surface area contributed by atoms with E-state index in [-0.39, 0.29) is 17.8 Å². The van der Waals surface area contributed by atoms with Crippen molar-refractivity contribution in [3.05, 3.63) is 46.7 Å². The van der Waals surface area contributed by atoms with E-state index in [1.807, 2.05) is 53.6 Å². The van der Waals surface area contributed by atoms with Gasteiger partial charge in [-0.1, -0.05) is 6.07 Å².